The molecule has 2 aliphatic rings. The lowest BCUT2D eigenvalue weighted by Gasteiger charge is -2.17. The fourth-order valence-corrected chi connectivity index (χ4v) is 2.41. The number of aromatic carboxylic acids is 1. The Labute approximate surface area is 117 Å². The molecule has 20 heavy (non-hydrogen) atoms. The summed E-state index contributed by atoms with van der Waals surface area (Å²) in [5.41, 5.74) is 0.824. The summed E-state index contributed by atoms with van der Waals surface area (Å²) < 4.78 is 5.66. The van der Waals surface area contributed by atoms with E-state index in [0.29, 0.717) is 31.2 Å². The van der Waals surface area contributed by atoms with Gasteiger partial charge in [0.2, 0.25) is 0 Å². The number of hydrogen-bond acceptors (Lipinski definition) is 3. The largest absolute Gasteiger partial charge is 0.478 e. The van der Waals surface area contributed by atoms with Crippen molar-refractivity contribution in [3.05, 3.63) is 29.8 Å². The van der Waals surface area contributed by atoms with Crippen molar-refractivity contribution in [2.24, 2.45) is 5.92 Å². The van der Waals surface area contributed by atoms with Gasteiger partial charge < -0.3 is 14.7 Å². The third kappa shape index (κ3) is 2.67. The van der Waals surface area contributed by atoms with Crippen LogP contribution in [0.3, 0.4) is 0 Å². The van der Waals surface area contributed by atoms with E-state index in [9.17, 15) is 9.59 Å². The Morgan fingerprint density at radius 3 is 2.85 bits per heavy atom. The number of carboxylic acids is 1. The molecule has 1 saturated heterocycles. The smallest absolute Gasteiger partial charge is 0.335 e. The first kappa shape index (κ1) is 13.1. The normalized spacial score (nSPS) is 22.3. The van der Waals surface area contributed by atoms with Crippen molar-refractivity contribution in [1.29, 1.82) is 0 Å². The van der Waals surface area contributed by atoms with Crippen molar-refractivity contribution in [3.63, 3.8) is 0 Å². The predicted molar refractivity (Wildman–Crippen MR) is 72.8 cm³/mol. The molecular formula is C15H17NO4. The third-order valence-electron chi connectivity index (χ3n) is 3.79. The van der Waals surface area contributed by atoms with Crippen molar-refractivity contribution in [2.45, 2.75) is 25.4 Å². The maximum Gasteiger partial charge on any atom is 0.335 e. The molecule has 1 N–H and O–H groups in total. The SMILES string of the molecule is O=C(O)c1cccc(N2CCC(OCC3CC3)C2=O)c1. The number of amides is 1. The summed E-state index contributed by atoms with van der Waals surface area (Å²) in [6.07, 6.45) is 2.70. The molecular weight excluding hydrogens is 258 g/mol. The second-order valence-electron chi connectivity index (χ2n) is 5.40. The second kappa shape index (κ2) is 5.25. The first-order chi connectivity index (χ1) is 9.65. The highest BCUT2D eigenvalue weighted by atomic mass is 16.5. The van der Waals surface area contributed by atoms with Gasteiger partial charge >= 0.3 is 5.97 Å². The topological polar surface area (TPSA) is 66.8 Å². The zero-order valence-electron chi connectivity index (χ0n) is 11.1. The Bertz CT molecular complexity index is 538. The van der Waals surface area contributed by atoms with Crippen LogP contribution in [0.5, 0.6) is 0 Å². The fourth-order valence-electron chi connectivity index (χ4n) is 2.41. The number of ether oxygens (including phenoxy) is 1. The lowest BCUT2D eigenvalue weighted by molar-refractivity contribution is -0.127. The van der Waals surface area contributed by atoms with Crippen LogP contribution in [0.2, 0.25) is 0 Å². The standard InChI is InChI=1S/C15H17NO4/c17-14-13(20-9-10-4-5-10)6-7-16(14)12-3-1-2-11(8-12)15(18)19/h1-3,8,10,13H,4-7,9H2,(H,18,19). The molecule has 0 bridgehead atoms. The highest BCUT2D eigenvalue weighted by molar-refractivity contribution is 6.00. The Morgan fingerprint density at radius 1 is 1.35 bits per heavy atom. The highest BCUT2D eigenvalue weighted by Gasteiger charge is 2.35. The number of carbonyl (C=O) groups excluding carboxylic acids is 1. The molecule has 1 aliphatic heterocycles. The zero-order valence-corrected chi connectivity index (χ0v) is 11.1. The summed E-state index contributed by atoms with van der Waals surface area (Å²) in [6.45, 7) is 1.25. The van der Waals surface area contributed by atoms with Crippen molar-refractivity contribution in [2.75, 3.05) is 18.1 Å². The van der Waals surface area contributed by atoms with E-state index < -0.39 is 5.97 Å². The van der Waals surface area contributed by atoms with E-state index in [4.69, 9.17) is 9.84 Å². The first-order valence-corrected chi connectivity index (χ1v) is 6.91. The van der Waals surface area contributed by atoms with Crippen molar-refractivity contribution in [1.82, 2.24) is 0 Å². The molecule has 1 aromatic carbocycles. The van der Waals surface area contributed by atoms with Gasteiger partial charge in [-0.15, -0.1) is 0 Å². The monoisotopic (exact) mass is 275 g/mol. The number of carbonyl (C=O) groups is 2. The average molecular weight is 275 g/mol. The molecule has 2 fully saturated rings. The Balaban J connectivity index is 1.69. The van der Waals surface area contributed by atoms with Crippen LogP contribution in [0, 0.1) is 5.92 Å². The van der Waals surface area contributed by atoms with Gasteiger partial charge in [0.1, 0.15) is 6.10 Å². The quantitative estimate of drug-likeness (QED) is 0.891. The highest BCUT2D eigenvalue weighted by Crippen LogP contribution is 2.31. The van der Waals surface area contributed by atoms with Crippen LogP contribution < -0.4 is 4.90 Å². The lowest BCUT2D eigenvalue weighted by Crippen LogP contribution is -2.31. The number of nitrogens with zero attached hydrogens (tertiary/aromatic N) is 1. The minimum Gasteiger partial charge on any atom is -0.478 e. The van der Waals surface area contributed by atoms with Crippen LogP contribution in [0.25, 0.3) is 0 Å². The summed E-state index contributed by atoms with van der Waals surface area (Å²) in [7, 11) is 0. The molecule has 1 aromatic rings. The molecule has 0 spiro atoms. The van der Waals surface area contributed by atoms with E-state index in [1.54, 1.807) is 17.0 Å². The van der Waals surface area contributed by atoms with Crippen LogP contribution in [-0.2, 0) is 9.53 Å². The molecule has 1 saturated carbocycles. The lowest BCUT2D eigenvalue weighted by atomic mass is 10.2. The molecule has 1 aliphatic carbocycles. The third-order valence-corrected chi connectivity index (χ3v) is 3.79. The molecule has 1 unspecified atom stereocenters. The number of benzene rings is 1. The summed E-state index contributed by atoms with van der Waals surface area (Å²) in [6, 6.07) is 6.47. The fraction of sp³-hybridized carbons (Fsp3) is 0.467. The minimum absolute atomic E-state index is 0.0619. The van der Waals surface area contributed by atoms with Gasteiger partial charge in [0.25, 0.3) is 5.91 Å². The van der Waals surface area contributed by atoms with Gasteiger partial charge in [-0.3, -0.25) is 4.79 Å². The van der Waals surface area contributed by atoms with E-state index in [2.05, 4.69) is 0 Å². The van der Waals surface area contributed by atoms with Gasteiger partial charge in [-0.2, -0.15) is 0 Å². The molecule has 5 heteroatoms. The van der Waals surface area contributed by atoms with Crippen LogP contribution in [-0.4, -0.2) is 36.2 Å². The van der Waals surface area contributed by atoms with E-state index in [0.717, 1.165) is 0 Å². The molecule has 1 heterocycles. The molecule has 0 aromatic heterocycles. The van der Waals surface area contributed by atoms with E-state index in [1.807, 2.05) is 0 Å². The van der Waals surface area contributed by atoms with Gasteiger partial charge in [0.05, 0.1) is 12.2 Å². The van der Waals surface area contributed by atoms with E-state index in [1.165, 1.54) is 25.0 Å². The first-order valence-electron chi connectivity index (χ1n) is 6.91. The Kier molecular flexibility index (Phi) is 3.44. The maximum atomic E-state index is 12.3. The van der Waals surface area contributed by atoms with Crippen LogP contribution in [0.4, 0.5) is 5.69 Å². The van der Waals surface area contributed by atoms with E-state index >= 15 is 0 Å². The van der Waals surface area contributed by atoms with Gasteiger partial charge in [0.15, 0.2) is 0 Å². The van der Waals surface area contributed by atoms with Crippen LogP contribution in [0.15, 0.2) is 24.3 Å². The molecule has 106 valence electrons. The van der Waals surface area contributed by atoms with Gasteiger partial charge in [-0.25, -0.2) is 4.79 Å². The van der Waals surface area contributed by atoms with Gasteiger partial charge in [-0.1, -0.05) is 6.07 Å². The summed E-state index contributed by atoms with van der Waals surface area (Å²) in [5, 5.41) is 8.99. The Morgan fingerprint density at radius 2 is 2.15 bits per heavy atom. The number of hydrogen-bond donors (Lipinski definition) is 1. The molecule has 1 amide bonds. The van der Waals surface area contributed by atoms with Crippen molar-refractivity contribution in [3.8, 4) is 0 Å². The van der Waals surface area contributed by atoms with Gasteiger partial charge in [-0.05, 0) is 37.0 Å². The molecule has 3 rings (SSSR count). The maximum absolute atomic E-state index is 12.3. The molecule has 0 radical (unpaired) electrons. The van der Waals surface area contributed by atoms with Crippen LogP contribution >= 0.6 is 0 Å². The summed E-state index contributed by atoms with van der Waals surface area (Å²) in [4.78, 5) is 24.9. The van der Waals surface area contributed by atoms with Crippen LogP contribution in [0.1, 0.15) is 29.6 Å². The number of carboxylic acid groups (broad SMARTS) is 1. The average Bonchev–Trinajstić information content (AvgIpc) is 3.20. The van der Waals surface area contributed by atoms with E-state index in [-0.39, 0.29) is 17.6 Å². The Hall–Kier alpha value is -1.88. The zero-order chi connectivity index (χ0) is 14.1. The number of anilines is 1. The molecule has 1 atom stereocenters. The van der Waals surface area contributed by atoms with Crippen molar-refractivity contribution < 1.29 is 19.4 Å². The number of rotatable bonds is 5. The summed E-state index contributed by atoms with van der Waals surface area (Å²) in [5.74, 6) is -0.416. The minimum atomic E-state index is -0.986. The molecule has 5 nitrogen and oxygen atoms in total. The second-order valence-corrected chi connectivity index (χ2v) is 5.40. The summed E-state index contributed by atoms with van der Waals surface area (Å²) >= 11 is 0. The predicted octanol–water partition coefficient (Wildman–Crippen LogP) is 1.92. The van der Waals surface area contributed by atoms with Gasteiger partial charge in [0, 0.05) is 18.7 Å². The van der Waals surface area contributed by atoms with Crippen molar-refractivity contribution >= 4 is 17.6 Å².